The molecule has 230 valence electrons. The Hall–Kier alpha value is -3.65. The third-order valence-corrected chi connectivity index (χ3v) is 8.57. The third-order valence-electron chi connectivity index (χ3n) is 8.57. The molecule has 0 bridgehead atoms. The number of hydrogen-bond donors (Lipinski definition) is 0. The van der Waals surface area contributed by atoms with Crippen LogP contribution in [0.15, 0.2) is 53.8 Å². The number of rotatable bonds is 6. The molecule has 43 heavy (non-hydrogen) atoms. The lowest BCUT2D eigenvalue weighted by molar-refractivity contribution is -0.191. The zero-order valence-electron chi connectivity index (χ0n) is 23.5. The summed E-state index contributed by atoms with van der Waals surface area (Å²) in [6.07, 6.45) is -4.62. The molecule has 5 heterocycles. The van der Waals surface area contributed by atoms with Crippen molar-refractivity contribution in [2.45, 2.75) is 50.0 Å². The topological polar surface area (TPSA) is 69.6 Å². The highest BCUT2D eigenvalue weighted by Crippen LogP contribution is 2.43. The number of fused-ring (bicyclic) bond motifs is 1. The number of alkyl halides is 6. The van der Waals surface area contributed by atoms with Crippen LogP contribution in [0.4, 0.5) is 26.3 Å². The van der Waals surface area contributed by atoms with Gasteiger partial charge in [-0.1, -0.05) is 19.1 Å². The molecule has 2 atom stereocenters. The molecule has 0 radical (unpaired) electrons. The molecular weight excluding hydrogens is 578 g/mol. The molecule has 1 aromatic carbocycles. The van der Waals surface area contributed by atoms with Gasteiger partial charge in [-0.25, -0.2) is 4.79 Å². The zero-order chi connectivity index (χ0) is 30.7. The van der Waals surface area contributed by atoms with Gasteiger partial charge in [0.05, 0.1) is 30.0 Å². The first-order valence-corrected chi connectivity index (χ1v) is 13.9. The van der Waals surface area contributed by atoms with E-state index in [1.807, 2.05) is 20.0 Å². The third kappa shape index (κ3) is 5.35. The second-order valence-corrected chi connectivity index (χ2v) is 11.8. The smallest absolute Gasteiger partial charge is 0.379 e. The van der Waals surface area contributed by atoms with E-state index in [4.69, 9.17) is 4.74 Å². The number of nitrogens with zero attached hydrogens (tertiary/aromatic N) is 6. The fraction of sp³-hybridized carbons (Fsp3) is 0.483. The Labute approximate surface area is 242 Å². The van der Waals surface area contributed by atoms with Gasteiger partial charge in [0.2, 0.25) is 0 Å². The molecular formula is C29H30F6N6O2. The molecule has 0 amide bonds. The number of aryl methyl sites for hydroxylation is 1. The summed E-state index contributed by atoms with van der Waals surface area (Å²) in [7, 11) is 1.81. The number of pyridine rings is 1. The Bertz CT molecular complexity index is 1700. The number of imidazole rings is 1. The average molecular weight is 609 g/mol. The summed E-state index contributed by atoms with van der Waals surface area (Å²) in [5.74, 6) is 0.670. The Morgan fingerprint density at radius 2 is 1.88 bits per heavy atom. The van der Waals surface area contributed by atoms with Crippen molar-refractivity contribution >= 4 is 5.52 Å². The Kier molecular flexibility index (Phi) is 7.19. The zero-order valence-corrected chi connectivity index (χ0v) is 23.5. The van der Waals surface area contributed by atoms with Crippen molar-refractivity contribution < 1.29 is 31.1 Å². The predicted molar refractivity (Wildman–Crippen MR) is 144 cm³/mol. The van der Waals surface area contributed by atoms with Crippen LogP contribution in [0.25, 0.3) is 11.2 Å². The number of piperidine rings is 1. The van der Waals surface area contributed by atoms with Crippen molar-refractivity contribution in [2.75, 3.05) is 26.3 Å². The molecule has 1 unspecified atom stereocenters. The van der Waals surface area contributed by atoms with Gasteiger partial charge in [-0.05, 0) is 54.6 Å². The Morgan fingerprint density at radius 1 is 1.12 bits per heavy atom. The summed E-state index contributed by atoms with van der Waals surface area (Å²) in [5, 5.41) is 8.06. The maximum atomic E-state index is 14.4. The van der Waals surface area contributed by atoms with Crippen LogP contribution in [0.1, 0.15) is 48.3 Å². The van der Waals surface area contributed by atoms with E-state index in [9.17, 15) is 31.1 Å². The minimum absolute atomic E-state index is 0.0430. The second-order valence-electron chi connectivity index (χ2n) is 11.8. The van der Waals surface area contributed by atoms with Crippen LogP contribution in [-0.2, 0) is 29.8 Å². The summed E-state index contributed by atoms with van der Waals surface area (Å²) < 4.78 is 95.4. The standard InChI is InChI=1S/C29H30F6N6O2/c1-18-5-4-8-39(12-18)25(29(33,34)35)19-9-22(28(30,31)32)23-14-40(26(42)41(23)13-19)21-7-3-6-20(10-21)27(15-43-16-27)11-24-37-36-17-38(24)2/h3,6-7,9-10,13-14,17-18,25H,4-5,8,11-12,15-16H2,1-2H3/t18-,25?/m0/s1. The second kappa shape index (κ2) is 10.5. The largest absolute Gasteiger partial charge is 0.418 e. The Balaban J connectivity index is 1.46. The minimum Gasteiger partial charge on any atom is -0.379 e. The lowest BCUT2D eigenvalue weighted by atomic mass is 9.75. The molecule has 3 aromatic heterocycles. The summed E-state index contributed by atoms with van der Waals surface area (Å²) >= 11 is 0. The van der Waals surface area contributed by atoms with Crippen LogP contribution < -0.4 is 5.69 Å². The highest BCUT2D eigenvalue weighted by molar-refractivity contribution is 5.58. The van der Waals surface area contributed by atoms with Crippen LogP contribution in [0.3, 0.4) is 0 Å². The van der Waals surface area contributed by atoms with Crippen LogP contribution in [-0.4, -0.2) is 61.1 Å². The quantitative estimate of drug-likeness (QED) is 0.286. The molecule has 2 aliphatic heterocycles. The van der Waals surface area contributed by atoms with Crippen LogP contribution in [0.2, 0.25) is 0 Å². The fourth-order valence-corrected chi connectivity index (χ4v) is 6.31. The highest BCUT2D eigenvalue weighted by Gasteiger charge is 2.47. The van der Waals surface area contributed by atoms with Gasteiger partial charge < -0.3 is 9.30 Å². The van der Waals surface area contributed by atoms with Crippen LogP contribution >= 0.6 is 0 Å². The fourth-order valence-electron chi connectivity index (χ4n) is 6.31. The number of aromatic nitrogens is 5. The van der Waals surface area contributed by atoms with Crippen molar-refractivity contribution in [2.24, 2.45) is 13.0 Å². The molecule has 0 N–H and O–H groups in total. The summed E-state index contributed by atoms with van der Waals surface area (Å²) in [6, 6.07) is 5.05. The SMILES string of the molecule is C[C@H]1CCCN(C(c2cc(C(F)(F)F)c3cn(-c4cccc(C5(Cc6nncn6C)COC5)c4)c(=O)n3c2)C(F)(F)F)C1. The number of benzene rings is 1. The van der Waals surface area contributed by atoms with Gasteiger partial charge in [0.1, 0.15) is 18.2 Å². The predicted octanol–water partition coefficient (Wildman–Crippen LogP) is 5.08. The van der Waals surface area contributed by atoms with Gasteiger partial charge in [-0.3, -0.25) is 13.9 Å². The van der Waals surface area contributed by atoms with E-state index in [2.05, 4.69) is 10.2 Å². The molecule has 0 spiro atoms. The first-order chi connectivity index (χ1) is 20.3. The van der Waals surface area contributed by atoms with Gasteiger partial charge in [-0.2, -0.15) is 26.3 Å². The monoisotopic (exact) mass is 608 g/mol. The molecule has 8 nitrogen and oxygen atoms in total. The lowest BCUT2D eigenvalue weighted by Gasteiger charge is -2.41. The summed E-state index contributed by atoms with van der Waals surface area (Å²) in [4.78, 5) is 14.8. The normalized spacial score (nSPS) is 20.3. The first kappa shape index (κ1) is 29.4. The number of halogens is 6. The van der Waals surface area contributed by atoms with E-state index >= 15 is 0 Å². The van der Waals surface area contributed by atoms with Crippen LogP contribution in [0, 0.1) is 5.92 Å². The molecule has 2 saturated heterocycles. The average Bonchev–Trinajstić information content (AvgIpc) is 3.46. The van der Waals surface area contributed by atoms with Gasteiger partial charge in [-0.15, -0.1) is 10.2 Å². The van der Waals surface area contributed by atoms with E-state index in [-0.39, 0.29) is 24.7 Å². The van der Waals surface area contributed by atoms with Crippen LogP contribution in [0.5, 0.6) is 0 Å². The van der Waals surface area contributed by atoms with E-state index in [0.29, 0.717) is 42.3 Å². The minimum atomic E-state index is -5.00. The van der Waals surface area contributed by atoms with Crippen molar-refractivity contribution in [3.63, 3.8) is 0 Å². The number of hydrogen-bond acceptors (Lipinski definition) is 5. The number of likely N-dealkylation sites (tertiary alicyclic amines) is 1. The summed E-state index contributed by atoms with van der Waals surface area (Å²) in [5.41, 5.74) is -2.78. The molecule has 2 fully saturated rings. The van der Waals surface area contributed by atoms with Crippen molar-refractivity contribution in [1.29, 1.82) is 0 Å². The van der Waals surface area contributed by atoms with Crippen molar-refractivity contribution in [1.82, 2.24) is 28.6 Å². The first-order valence-electron chi connectivity index (χ1n) is 13.9. The molecule has 14 heteroatoms. The molecule has 0 aliphatic carbocycles. The van der Waals surface area contributed by atoms with Gasteiger partial charge in [0.15, 0.2) is 0 Å². The van der Waals surface area contributed by atoms with E-state index in [0.717, 1.165) is 33.8 Å². The highest BCUT2D eigenvalue weighted by atomic mass is 19.4. The van der Waals surface area contributed by atoms with E-state index in [1.54, 1.807) is 29.1 Å². The molecule has 2 aliphatic rings. The van der Waals surface area contributed by atoms with Gasteiger partial charge >= 0.3 is 18.0 Å². The maximum Gasteiger partial charge on any atom is 0.418 e. The number of ether oxygens (including phenoxy) is 1. The van der Waals surface area contributed by atoms with Gasteiger partial charge in [0, 0.05) is 37.8 Å². The lowest BCUT2D eigenvalue weighted by Crippen LogP contribution is -2.49. The molecule has 4 aromatic rings. The molecule has 0 saturated carbocycles. The maximum absolute atomic E-state index is 14.4. The van der Waals surface area contributed by atoms with Crippen molar-refractivity contribution in [3.05, 3.63) is 82.1 Å². The summed E-state index contributed by atoms with van der Waals surface area (Å²) in [6.45, 7) is 2.73. The van der Waals surface area contributed by atoms with Crippen molar-refractivity contribution in [3.8, 4) is 5.69 Å². The molecule has 6 rings (SSSR count). The van der Waals surface area contributed by atoms with E-state index < -0.39 is 46.1 Å². The van der Waals surface area contributed by atoms with Gasteiger partial charge in [0.25, 0.3) is 0 Å². The Morgan fingerprint density at radius 3 is 2.49 bits per heavy atom. The van der Waals surface area contributed by atoms with E-state index in [1.165, 1.54) is 0 Å².